The van der Waals surface area contributed by atoms with Crippen molar-refractivity contribution in [2.45, 2.75) is 0 Å². The second kappa shape index (κ2) is 7.96. The summed E-state index contributed by atoms with van der Waals surface area (Å²) in [5.41, 5.74) is 0. The van der Waals surface area contributed by atoms with Crippen molar-refractivity contribution in [2.75, 3.05) is 27.2 Å². The fraction of sp³-hybridized carbons (Fsp3) is 0.364. The maximum atomic E-state index is 11.2. The Morgan fingerprint density at radius 1 is 1.31 bits per heavy atom. The Morgan fingerprint density at radius 3 is 2.50 bits per heavy atom. The summed E-state index contributed by atoms with van der Waals surface area (Å²) in [4.78, 5) is 13.2. The van der Waals surface area contributed by atoms with E-state index < -0.39 is 6.09 Å². The lowest BCUT2D eigenvalue weighted by Gasteiger charge is -2.10. The van der Waals surface area contributed by atoms with Crippen LogP contribution in [0.1, 0.15) is 0 Å². The van der Waals surface area contributed by atoms with E-state index in [2.05, 4.69) is 5.32 Å². The summed E-state index contributed by atoms with van der Waals surface area (Å²) in [6.07, 6.45) is -0.414. The van der Waals surface area contributed by atoms with Crippen molar-refractivity contribution in [3.63, 3.8) is 0 Å². The van der Waals surface area contributed by atoms with Crippen LogP contribution >= 0.6 is 12.4 Å². The Hall–Kier alpha value is -1.26. The lowest BCUT2D eigenvalue weighted by molar-refractivity contribution is 0.199. The summed E-state index contributed by atoms with van der Waals surface area (Å²) in [5.74, 6) is 0.555. The highest BCUT2D eigenvalue weighted by Crippen LogP contribution is 2.07. The van der Waals surface area contributed by atoms with Gasteiger partial charge in [0.2, 0.25) is 0 Å². The molecule has 0 spiro atoms. The molecule has 0 aliphatic carbocycles. The third kappa shape index (κ3) is 6.27. The van der Waals surface area contributed by atoms with Crippen LogP contribution in [0.25, 0.3) is 0 Å². The number of nitrogens with zero attached hydrogens (tertiary/aromatic N) is 1. The van der Waals surface area contributed by atoms with Gasteiger partial charge < -0.3 is 15.0 Å². The number of hydrogen-bond acceptors (Lipinski definition) is 3. The predicted molar refractivity (Wildman–Crippen MR) is 66.3 cm³/mol. The first-order valence-corrected chi connectivity index (χ1v) is 4.84. The van der Waals surface area contributed by atoms with Gasteiger partial charge in [-0.2, -0.15) is 0 Å². The Bertz CT molecular complexity index is 304. The van der Waals surface area contributed by atoms with Crippen LogP contribution in [0.15, 0.2) is 30.3 Å². The smallest absolute Gasteiger partial charge is 0.410 e. The Kier molecular flexibility index (Phi) is 7.33. The lowest BCUT2D eigenvalue weighted by Crippen LogP contribution is -2.33. The number of likely N-dealkylation sites (N-methyl/N-ethyl adjacent to an activating group) is 1. The number of amides is 1. The van der Waals surface area contributed by atoms with Gasteiger partial charge in [0, 0.05) is 13.1 Å². The molecular weight excluding hydrogens is 228 g/mol. The molecule has 0 unspecified atom stereocenters. The zero-order valence-electron chi connectivity index (χ0n) is 9.47. The normalized spacial score (nSPS) is 9.44. The number of carbonyl (C=O) groups excluding carboxylic acids is 1. The standard InChI is InChI=1S/C11H16N2O2.ClH/c1-13(2)9-8-12-11(14)15-10-6-4-3-5-7-10;/h3-7H,8-9H2,1-2H3,(H,12,14);1H. The van der Waals surface area contributed by atoms with Crippen molar-refractivity contribution in [3.05, 3.63) is 30.3 Å². The minimum absolute atomic E-state index is 0. The molecule has 1 aromatic rings. The largest absolute Gasteiger partial charge is 0.412 e. The number of para-hydroxylation sites is 1. The van der Waals surface area contributed by atoms with E-state index in [9.17, 15) is 4.79 Å². The second-order valence-electron chi connectivity index (χ2n) is 3.43. The van der Waals surface area contributed by atoms with Crippen LogP contribution < -0.4 is 10.1 Å². The van der Waals surface area contributed by atoms with Crippen LogP contribution in [0.5, 0.6) is 5.75 Å². The van der Waals surface area contributed by atoms with Gasteiger partial charge in [-0.25, -0.2) is 4.79 Å². The van der Waals surface area contributed by atoms with Gasteiger partial charge in [0.15, 0.2) is 0 Å². The Labute approximate surface area is 102 Å². The van der Waals surface area contributed by atoms with Crippen molar-refractivity contribution in [2.24, 2.45) is 0 Å². The molecule has 16 heavy (non-hydrogen) atoms. The summed E-state index contributed by atoms with van der Waals surface area (Å²) in [7, 11) is 3.90. The fourth-order valence-corrected chi connectivity index (χ4v) is 1.01. The number of benzene rings is 1. The average molecular weight is 245 g/mol. The highest BCUT2D eigenvalue weighted by molar-refractivity contribution is 5.85. The van der Waals surface area contributed by atoms with Gasteiger partial charge in [0.05, 0.1) is 0 Å². The first kappa shape index (κ1) is 14.7. The van der Waals surface area contributed by atoms with E-state index in [1.165, 1.54) is 0 Å². The predicted octanol–water partition coefficient (Wildman–Crippen LogP) is 1.76. The van der Waals surface area contributed by atoms with Gasteiger partial charge in [-0.05, 0) is 26.2 Å². The lowest BCUT2D eigenvalue weighted by atomic mass is 10.3. The molecule has 0 fully saturated rings. The molecule has 0 aromatic heterocycles. The summed E-state index contributed by atoms with van der Waals surface area (Å²) in [6.45, 7) is 1.38. The third-order valence-electron chi connectivity index (χ3n) is 1.78. The Morgan fingerprint density at radius 2 is 1.94 bits per heavy atom. The third-order valence-corrected chi connectivity index (χ3v) is 1.78. The number of rotatable bonds is 4. The first-order valence-electron chi connectivity index (χ1n) is 4.84. The van der Waals surface area contributed by atoms with Crippen LogP contribution in [-0.4, -0.2) is 38.2 Å². The molecule has 5 heteroatoms. The van der Waals surface area contributed by atoms with Gasteiger partial charge >= 0.3 is 6.09 Å². The summed E-state index contributed by atoms with van der Waals surface area (Å²) >= 11 is 0. The summed E-state index contributed by atoms with van der Waals surface area (Å²) in [5, 5.41) is 2.66. The zero-order chi connectivity index (χ0) is 11.1. The summed E-state index contributed by atoms with van der Waals surface area (Å²) < 4.78 is 5.03. The van der Waals surface area contributed by atoms with Crippen molar-refractivity contribution < 1.29 is 9.53 Å². The minimum Gasteiger partial charge on any atom is -0.410 e. The van der Waals surface area contributed by atoms with Crippen molar-refractivity contribution >= 4 is 18.5 Å². The van der Waals surface area contributed by atoms with E-state index in [0.717, 1.165) is 6.54 Å². The molecule has 1 rings (SSSR count). The van der Waals surface area contributed by atoms with E-state index in [-0.39, 0.29) is 12.4 Å². The molecule has 1 N–H and O–H groups in total. The molecule has 0 saturated carbocycles. The number of halogens is 1. The molecule has 0 radical (unpaired) electrons. The van der Waals surface area contributed by atoms with Crippen molar-refractivity contribution in [1.29, 1.82) is 0 Å². The number of carbonyl (C=O) groups is 1. The molecule has 4 nitrogen and oxygen atoms in total. The average Bonchev–Trinajstić information content (AvgIpc) is 2.18. The van der Waals surface area contributed by atoms with E-state index in [1.54, 1.807) is 12.1 Å². The molecule has 0 atom stereocenters. The van der Waals surface area contributed by atoms with E-state index in [1.807, 2.05) is 37.2 Å². The van der Waals surface area contributed by atoms with Crippen LogP contribution in [0.4, 0.5) is 4.79 Å². The Balaban J connectivity index is 0.00000225. The molecule has 1 amide bonds. The second-order valence-corrected chi connectivity index (χ2v) is 3.43. The van der Waals surface area contributed by atoms with Gasteiger partial charge in [-0.1, -0.05) is 18.2 Å². The minimum atomic E-state index is -0.414. The van der Waals surface area contributed by atoms with E-state index in [0.29, 0.717) is 12.3 Å². The molecule has 0 heterocycles. The monoisotopic (exact) mass is 244 g/mol. The highest BCUT2D eigenvalue weighted by atomic mass is 35.5. The molecule has 0 aliphatic rings. The van der Waals surface area contributed by atoms with Gasteiger partial charge in [0.25, 0.3) is 0 Å². The number of nitrogens with one attached hydrogen (secondary N) is 1. The van der Waals surface area contributed by atoms with Crippen LogP contribution in [0.2, 0.25) is 0 Å². The first-order chi connectivity index (χ1) is 7.18. The van der Waals surface area contributed by atoms with E-state index in [4.69, 9.17) is 4.74 Å². The van der Waals surface area contributed by atoms with Crippen LogP contribution in [-0.2, 0) is 0 Å². The summed E-state index contributed by atoms with van der Waals surface area (Å²) in [6, 6.07) is 9.00. The van der Waals surface area contributed by atoms with E-state index >= 15 is 0 Å². The molecular formula is C11H17ClN2O2. The number of ether oxygens (including phenoxy) is 1. The molecule has 1 aromatic carbocycles. The quantitative estimate of drug-likeness (QED) is 0.878. The van der Waals surface area contributed by atoms with Crippen molar-refractivity contribution in [3.8, 4) is 5.75 Å². The molecule has 0 bridgehead atoms. The molecule has 0 saturated heterocycles. The molecule has 0 aliphatic heterocycles. The van der Waals surface area contributed by atoms with Crippen LogP contribution in [0, 0.1) is 0 Å². The maximum absolute atomic E-state index is 11.2. The van der Waals surface area contributed by atoms with Crippen molar-refractivity contribution in [1.82, 2.24) is 10.2 Å². The maximum Gasteiger partial charge on any atom is 0.412 e. The van der Waals surface area contributed by atoms with Gasteiger partial charge in [-0.15, -0.1) is 12.4 Å². The SMILES string of the molecule is CN(C)CCNC(=O)Oc1ccccc1.Cl. The van der Waals surface area contributed by atoms with Gasteiger partial charge in [-0.3, -0.25) is 0 Å². The highest BCUT2D eigenvalue weighted by Gasteiger charge is 2.02. The van der Waals surface area contributed by atoms with Crippen LogP contribution in [0.3, 0.4) is 0 Å². The topological polar surface area (TPSA) is 41.6 Å². The number of hydrogen-bond donors (Lipinski definition) is 1. The molecule has 90 valence electrons. The van der Waals surface area contributed by atoms with Gasteiger partial charge in [0.1, 0.15) is 5.75 Å². The fourth-order valence-electron chi connectivity index (χ4n) is 1.01. The zero-order valence-corrected chi connectivity index (χ0v) is 10.3.